The van der Waals surface area contributed by atoms with Crippen molar-refractivity contribution in [2.75, 3.05) is 13.2 Å². The number of hydrogen-bond acceptors (Lipinski definition) is 3. The van der Waals surface area contributed by atoms with Crippen LogP contribution in [0.3, 0.4) is 0 Å². The van der Waals surface area contributed by atoms with Gasteiger partial charge in [0, 0.05) is 6.92 Å². The molecule has 0 unspecified atom stereocenters. The summed E-state index contributed by atoms with van der Waals surface area (Å²) >= 11 is 0. The maximum Gasteiger partial charge on any atom is 0.302 e. The van der Waals surface area contributed by atoms with Crippen LogP contribution < -0.4 is 5.73 Å². The van der Waals surface area contributed by atoms with Crippen LogP contribution in [0.5, 0.6) is 0 Å². The van der Waals surface area contributed by atoms with E-state index in [1.807, 2.05) is 6.92 Å². The van der Waals surface area contributed by atoms with Gasteiger partial charge in [-0.3, -0.25) is 4.79 Å². The molecule has 0 heterocycles. The standard InChI is InChI=1S/C12H27N.C5H10O2/c1-2-3-4-5-6-7-8-9-10-11-12-13;1-3-4-7-5(2)6/h2-13H2,1H3;3-4H2,1-2H3. The maximum atomic E-state index is 9.98. The molecule has 0 fully saturated rings. The Balaban J connectivity index is 0. The monoisotopic (exact) mass is 287 g/mol. The fourth-order valence-electron chi connectivity index (χ4n) is 1.88. The first kappa shape index (κ1) is 21.7. The van der Waals surface area contributed by atoms with Crippen molar-refractivity contribution in [3.63, 3.8) is 0 Å². The van der Waals surface area contributed by atoms with Crippen molar-refractivity contribution in [1.82, 2.24) is 0 Å². The largest absolute Gasteiger partial charge is 0.466 e. The van der Waals surface area contributed by atoms with Gasteiger partial charge in [0.15, 0.2) is 0 Å². The summed E-state index contributed by atoms with van der Waals surface area (Å²) < 4.78 is 4.55. The van der Waals surface area contributed by atoms with Crippen LogP contribution in [0.15, 0.2) is 0 Å². The van der Waals surface area contributed by atoms with Gasteiger partial charge in [0.05, 0.1) is 6.61 Å². The molecule has 0 saturated carbocycles. The van der Waals surface area contributed by atoms with Crippen molar-refractivity contribution in [1.29, 1.82) is 0 Å². The van der Waals surface area contributed by atoms with Crippen LogP contribution in [-0.4, -0.2) is 19.1 Å². The molecule has 0 aliphatic carbocycles. The van der Waals surface area contributed by atoms with Crippen molar-refractivity contribution < 1.29 is 9.53 Å². The highest BCUT2D eigenvalue weighted by Crippen LogP contribution is 2.09. The number of carbonyl (C=O) groups is 1. The van der Waals surface area contributed by atoms with Gasteiger partial charge in [0.25, 0.3) is 0 Å². The van der Waals surface area contributed by atoms with E-state index in [4.69, 9.17) is 5.73 Å². The minimum Gasteiger partial charge on any atom is -0.466 e. The molecule has 0 saturated heterocycles. The lowest BCUT2D eigenvalue weighted by atomic mass is 10.1. The van der Waals surface area contributed by atoms with E-state index in [0.717, 1.165) is 13.0 Å². The number of rotatable bonds is 12. The van der Waals surface area contributed by atoms with Gasteiger partial charge < -0.3 is 10.5 Å². The molecule has 3 nitrogen and oxygen atoms in total. The molecule has 122 valence electrons. The number of ether oxygens (including phenoxy) is 1. The summed E-state index contributed by atoms with van der Waals surface area (Å²) in [6.45, 7) is 7.07. The van der Waals surface area contributed by atoms with Crippen LogP contribution in [-0.2, 0) is 9.53 Å². The van der Waals surface area contributed by atoms with Crippen molar-refractivity contribution in [2.24, 2.45) is 5.73 Å². The quantitative estimate of drug-likeness (QED) is 0.413. The number of hydrogen-bond donors (Lipinski definition) is 1. The van der Waals surface area contributed by atoms with Crippen molar-refractivity contribution >= 4 is 5.97 Å². The highest BCUT2D eigenvalue weighted by Gasteiger charge is 1.91. The molecule has 0 aromatic carbocycles. The van der Waals surface area contributed by atoms with E-state index in [1.54, 1.807) is 0 Å². The van der Waals surface area contributed by atoms with E-state index in [2.05, 4.69) is 11.7 Å². The summed E-state index contributed by atoms with van der Waals surface area (Å²) in [6.07, 6.45) is 14.8. The molecular weight excluding hydrogens is 250 g/mol. The number of esters is 1. The highest BCUT2D eigenvalue weighted by atomic mass is 16.5. The Morgan fingerprint density at radius 3 is 1.55 bits per heavy atom. The van der Waals surface area contributed by atoms with Crippen LogP contribution in [0.25, 0.3) is 0 Å². The first-order valence-electron chi connectivity index (χ1n) is 8.52. The second-order valence-corrected chi connectivity index (χ2v) is 5.31. The van der Waals surface area contributed by atoms with Gasteiger partial charge in [0.1, 0.15) is 0 Å². The Bertz CT molecular complexity index is 174. The van der Waals surface area contributed by atoms with E-state index in [0.29, 0.717) is 6.61 Å². The van der Waals surface area contributed by atoms with Gasteiger partial charge in [0.2, 0.25) is 0 Å². The predicted octanol–water partition coefficient (Wildman–Crippen LogP) is 4.83. The van der Waals surface area contributed by atoms with E-state index in [9.17, 15) is 4.79 Å². The lowest BCUT2D eigenvalue weighted by molar-refractivity contribution is -0.140. The zero-order valence-corrected chi connectivity index (χ0v) is 14.1. The molecule has 0 aromatic heterocycles. The van der Waals surface area contributed by atoms with E-state index in [1.165, 1.54) is 71.1 Å². The van der Waals surface area contributed by atoms with E-state index < -0.39 is 0 Å². The Morgan fingerprint density at radius 2 is 1.25 bits per heavy atom. The highest BCUT2D eigenvalue weighted by molar-refractivity contribution is 5.65. The van der Waals surface area contributed by atoms with Crippen LogP contribution >= 0.6 is 0 Å². The minimum absolute atomic E-state index is 0.193. The smallest absolute Gasteiger partial charge is 0.302 e. The summed E-state index contributed by atoms with van der Waals surface area (Å²) in [5, 5.41) is 0. The summed E-state index contributed by atoms with van der Waals surface area (Å²) in [6, 6.07) is 0. The van der Waals surface area contributed by atoms with Crippen molar-refractivity contribution in [2.45, 2.75) is 91.4 Å². The predicted molar refractivity (Wildman–Crippen MR) is 87.8 cm³/mol. The third-order valence-corrected chi connectivity index (χ3v) is 3.07. The van der Waals surface area contributed by atoms with Gasteiger partial charge in [-0.05, 0) is 19.4 Å². The van der Waals surface area contributed by atoms with E-state index >= 15 is 0 Å². The first-order chi connectivity index (χ1) is 9.68. The van der Waals surface area contributed by atoms with Crippen molar-refractivity contribution in [3.8, 4) is 0 Å². The second kappa shape index (κ2) is 20.7. The van der Waals surface area contributed by atoms with E-state index in [-0.39, 0.29) is 5.97 Å². The Labute approximate surface area is 126 Å². The molecule has 0 amide bonds. The normalized spacial score (nSPS) is 9.80. The third-order valence-electron chi connectivity index (χ3n) is 3.07. The molecular formula is C17H37NO2. The van der Waals surface area contributed by atoms with Crippen LogP contribution in [0, 0.1) is 0 Å². The molecule has 0 radical (unpaired) electrons. The zero-order valence-electron chi connectivity index (χ0n) is 14.1. The molecule has 0 bridgehead atoms. The second-order valence-electron chi connectivity index (χ2n) is 5.31. The topological polar surface area (TPSA) is 52.3 Å². The summed E-state index contributed by atoms with van der Waals surface area (Å²) in [7, 11) is 0. The maximum absolute atomic E-state index is 9.98. The fraction of sp³-hybridized carbons (Fsp3) is 0.941. The van der Waals surface area contributed by atoms with Gasteiger partial charge >= 0.3 is 5.97 Å². The minimum atomic E-state index is -0.193. The molecule has 0 rings (SSSR count). The zero-order chi connectivity index (χ0) is 15.5. The van der Waals surface area contributed by atoms with Gasteiger partial charge in [-0.25, -0.2) is 0 Å². The molecule has 0 spiro atoms. The fourth-order valence-corrected chi connectivity index (χ4v) is 1.88. The molecule has 0 atom stereocenters. The Morgan fingerprint density at radius 1 is 0.800 bits per heavy atom. The third kappa shape index (κ3) is 26.1. The van der Waals surface area contributed by atoms with Crippen LogP contribution in [0.1, 0.15) is 91.4 Å². The Hall–Kier alpha value is -0.570. The van der Waals surface area contributed by atoms with Crippen LogP contribution in [0.2, 0.25) is 0 Å². The average molecular weight is 287 g/mol. The van der Waals surface area contributed by atoms with Crippen molar-refractivity contribution in [3.05, 3.63) is 0 Å². The molecule has 2 N–H and O–H groups in total. The SMILES string of the molecule is CCCCCCCCCCCCN.CCCOC(C)=O. The molecule has 20 heavy (non-hydrogen) atoms. The lowest BCUT2D eigenvalue weighted by Gasteiger charge is -2.00. The number of carbonyl (C=O) groups excluding carboxylic acids is 1. The van der Waals surface area contributed by atoms with Crippen LogP contribution in [0.4, 0.5) is 0 Å². The summed E-state index contributed by atoms with van der Waals surface area (Å²) in [5.41, 5.74) is 5.42. The molecule has 0 aliphatic heterocycles. The number of nitrogens with two attached hydrogens (primary N) is 1. The summed E-state index contributed by atoms with van der Waals surface area (Å²) in [5.74, 6) is -0.193. The van der Waals surface area contributed by atoms with Gasteiger partial charge in [-0.2, -0.15) is 0 Å². The Kier molecular flexibility index (Phi) is 22.5. The first-order valence-corrected chi connectivity index (χ1v) is 8.52. The number of unbranched alkanes of at least 4 members (excludes halogenated alkanes) is 9. The lowest BCUT2D eigenvalue weighted by Crippen LogP contribution is -1.98. The average Bonchev–Trinajstić information content (AvgIpc) is 2.44. The summed E-state index contributed by atoms with van der Waals surface area (Å²) in [4.78, 5) is 9.98. The molecule has 3 heteroatoms. The molecule has 0 aromatic rings. The van der Waals surface area contributed by atoms with Gasteiger partial charge in [-0.15, -0.1) is 0 Å². The molecule has 0 aliphatic rings. The van der Waals surface area contributed by atoms with Gasteiger partial charge in [-0.1, -0.05) is 71.6 Å².